The lowest BCUT2D eigenvalue weighted by molar-refractivity contribution is 0.0851. The average Bonchev–Trinajstić information content (AvgIpc) is 2.90. The molecule has 3 atom stereocenters. The van der Waals surface area contributed by atoms with Gasteiger partial charge in [0.25, 0.3) is 10.1 Å². The van der Waals surface area contributed by atoms with Gasteiger partial charge in [0.1, 0.15) is 0 Å². The van der Waals surface area contributed by atoms with Crippen LogP contribution in [0.25, 0.3) is 10.9 Å². The first-order valence-electron chi connectivity index (χ1n) is 7.93. The van der Waals surface area contributed by atoms with E-state index < -0.39 is 10.1 Å². The zero-order valence-corrected chi connectivity index (χ0v) is 14.1. The molecule has 6 nitrogen and oxygen atoms in total. The summed E-state index contributed by atoms with van der Waals surface area (Å²) in [5.74, 6) is 0.621. The van der Waals surface area contributed by atoms with Crippen molar-refractivity contribution in [2.45, 2.75) is 24.8 Å². The van der Waals surface area contributed by atoms with Crippen LogP contribution in [0.1, 0.15) is 23.6 Å². The molecule has 4 rings (SSSR count). The number of rotatable bonds is 3. The molecule has 1 fully saturated rings. The second kappa shape index (κ2) is 5.29. The van der Waals surface area contributed by atoms with E-state index >= 15 is 0 Å². The molecule has 2 aliphatic rings. The second-order valence-electron chi connectivity index (χ2n) is 6.85. The Labute approximate surface area is 135 Å². The van der Waals surface area contributed by atoms with Gasteiger partial charge < -0.3 is 4.90 Å². The summed E-state index contributed by atoms with van der Waals surface area (Å²) in [4.78, 5) is 2.33. The van der Waals surface area contributed by atoms with E-state index in [0.29, 0.717) is 12.0 Å². The van der Waals surface area contributed by atoms with E-state index in [1.807, 2.05) is 0 Å². The van der Waals surface area contributed by atoms with Crippen molar-refractivity contribution in [2.75, 3.05) is 26.5 Å². The second-order valence-corrected chi connectivity index (χ2v) is 8.49. The monoisotopic (exact) mass is 335 g/mol. The van der Waals surface area contributed by atoms with Crippen molar-refractivity contribution in [1.29, 1.82) is 0 Å². The molecule has 1 N–H and O–H groups in total. The first kappa shape index (κ1) is 15.1. The van der Waals surface area contributed by atoms with Crippen molar-refractivity contribution < 1.29 is 12.6 Å². The van der Waals surface area contributed by atoms with Crippen molar-refractivity contribution in [2.24, 2.45) is 5.92 Å². The summed E-state index contributed by atoms with van der Waals surface area (Å²) in [5.41, 5.74) is 3.57. The highest BCUT2D eigenvalue weighted by Crippen LogP contribution is 2.43. The van der Waals surface area contributed by atoms with Crippen LogP contribution in [0.4, 0.5) is 0 Å². The number of aromatic nitrogens is 2. The Morgan fingerprint density at radius 3 is 3.04 bits per heavy atom. The number of hydrogen-bond acceptors (Lipinski definition) is 5. The van der Waals surface area contributed by atoms with Crippen molar-refractivity contribution in [3.8, 4) is 0 Å². The summed E-state index contributed by atoms with van der Waals surface area (Å²) in [6, 6.07) is 6.74. The maximum Gasteiger partial charge on any atom is 0.264 e. The number of likely N-dealkylation sites (tertiary alicyclic amines) is 1. The summed E-state index contributed by atoms with van der Waals surface area (Å²) >= 11 is 0. The average molecular weight is 335 g/mol. The molecule has 0 amide bonds. The van der Waals surface area contributed by atoms with Crippen LogP contribution in [0, 0.1) is 5.92 Å². The van der Waals surface area contributed by atoms with Gasteiger partial charge in [-0.1, -0.05) is 12.1 Å². The van der Waals surface area contributed by atoms with Crippen molar-refractivity contribution in [3.63, 3.8) is 0 Å². The molecular formula is C16H21N3O3S. The number of benzene rings is 1. The van der Waals surface area contributed by atoms with Crippen LogP contribution >= 0.6 is 0 Å². The molecule has 0 radical (unpaired) electrons. The molecular weight excluding hydrogens is 314 g/mol. The molecule has 124 valence electrons. The SMILES string of the molecule is CN1CC(COS(C)(=O)=O)C[C@H]2c3cccc4[nH]nc(c34)C[C@@H]21. The molecule has 0 bridgehead atoms. The highest BCUT2D eigenvalue weighted by atomic mass is 32.2. The first-order valence-corrected chi connectivity index (χ1v) is 9.74. The van der Waals surface area contributed by atoms with E-state index in [2.05, 4.69) is 40.3 Å². The van der Waals surface area contributed by atoms with E-state index in [-0.39, 0.29) is 12.5 Å². The molecule has 2 aromatic rings. The number of nitrogens with zero attached hydrogens (tertiary/aromatic N) is 2. The molecule has 1 aromatic heterocycles. The van der Waals surface area contributed by atoms with Gasteiger partial charge in [0.05, 0.1) is 24.1 Å². The van der Waals surface area contributed by atoms with Gasteiger partial charge in [-0.15, -0.1) is 0 Å². The van der Waals surface area contributed by atoms with Crippen LogP contribution < -0.4 is 0 Å². The minimum absolute atomic E-state index is 0.222. The Kier molecular flexibility index (Phi) is 3.48. The lowest BCUT2D eigenvalue weighted by atomic mass is 9.73. The number of nitrogens with one attached hydrogen (secondary N) is 1. The number of hydrogen-bond donors (Lipinski definition) is 1. The summed E-state index contributed by atoms with van der Waals surface area (Å²) in [5, 5.41) is 8.87. The largest absolute Gasteiger partial charge is 0.302 e. The number of H-pyrrole nitrogens is 1. The summed E-state index contributed by atoms with van der Waals surface area (Å²) in [6.07, 6.45) is 3.01. The quantitative estimate of drug-likeness (QED) is 0.861. The lowest BCUT2D eigenvalue weighted by Crippen LogP contribution is -2.49. The van der Waals surface area contributed by atoms with Crippen LogP contribution in [0.15, 0.2) is 18.2 Å². The summed E-state index contributed by atoms with van der Waals surface area (Å²) in [7, 11) is -1.27. The van der Waals surface area contributed by atoms with E-state index in [1.54, 1.807) is 0 Å². The topological polar surface area (TPSA) is 75.3 Å². The minimum Gasteiger partial charge on any atom is -0.302 e. The fourth-order valence-electron chi connectivity index (χ4n) is 4.24. The number of fused-ring (bicyclic) bond motifs is 2. The van der Waals surface area contributed by atoms with Crippen molar-refractivity contribution >= 4 is 21.0 Å². The highest BCUT2D eigenvalue weighted by Gasteiger charge is 2.40. The standard InChI is InChI=1S/C16H21N3O3S/c1-19-8-10(9-22-23(2,20)21)6-12-11-4-3-5-13-16(11)14(18-17-13)7-15(12)19/h3-5,10,12,15H,6-9H2,1-2H3,(H,17,18)/t10?,12-,15-/m0/s1. The van der Waals surface area contributed by atoms with E-state index in [0.717, 1.165) is 36.9 Å². The number of piperidine rings is 1. The van der Waals surface area contributed by atoms with Crippen LogP contribution in [-0.4, -0.2) is 56.0 Å². The van der Waals surface area contributed by atoms with Gasteiger partial charge in [0.15, 0.2) is 0 Å². The number of likely N-dealkylation sites (N-methyl/N-ethyl adjacent to an activating group) is 1. The molecule has 1 unspecified atom stereocenters. The van der Waals surface area contributed by atoms with E-state index in [9.17, 15) is 8.42 Å². The zero-order chi connectivity index (χ0) is 16.2. The Morgan fingerprint density at radius 2 is 2.26 bits per heavy atom. The van der Waals surface area contributed by atoms with Gasteiger partial charge in [0.2, 0.25) is 0 Å². The van der Waals surface area contributed by atoms with Gasteiger partial charge >= 0.3 is 0 Å². The molecule has 1 aliphatic heterocycles. The van der Waals surface area contributed by atoms with Crippen molar-refractivity contribution in [3.05, 3.63) is 29.5 Å². The molecule has 1 saturated heterocycles. The van der Waals surface area contributed by atoms with E-state index in [4.69, 9.17) is 4.18 Å². The van der Waals surface area contributed by atoms with Gasteiger partial charge in [-0.2, -0.15) is 13.5 Å². The van der Waals surface area contributed by atoms with Gasteiger partial charge in [-0.25, -0.2) is 0 Å². The van der Waals surface area contributed by atoms with Crippen LogP contribution in [0.5, 0.6) is 0 Å². The summed E-state index contributed by atoms with van der Waals surface area (Å²) < 4.78 is 27.6. The third kappa shape index (κ3) is 2.66. The van der Waals surface area contributed by atoms with Crippen LogP contribution in [0.3, 0.4) is 0 Å². The molecule has 1 aromatic carbocycles. The Bertz CT molecular complexity index is 845. The maximum absolute atomic E-state index is 11.3. The molecule has 7 heteroatoms. The van der Waals surface area contributed by atoms with Crippen molar-refractivity contribution in [1.82, 2.24) is 15.1 Å². The highest BCUT2D eigenvalue weighted by molar-refractivity contribution is 7.85. The van der Waals surface area contributed by atoms with Gasteiger partial charge in [-0.3, -0.25) is 9.28 Å². The molecule has 0 saturated carbocycles. The fraction of sp³-hybridized carbons (Fsp3) is 0.562. The maximum atomic E-state index is 11.3. The Balaban J connectivity index is 1.65. The summed E-state index contributed by atoms with van der Waals surface area (Å²) in [6.45, 7) is 1.12. The fourth-order valence-corrected chi connectivity index (χ4v) is 4.68. The zero-order valence-electron chi connectivity index (χ0n) is 13.3. The minimum atomic E-state index is -3.38. The van der Waals surface area contributed by atoms with E-state index in [1.165, 1.54) is 10.9 Å². The third-order valence-electron chi connectivity index (χ3n) is 5.18. The molecule has 1 aliphatic carbocycles. The lowest BCUT2D eigenvalue weighted by Gasteiger charge is -2.45. The smallest absolute Gasteiger partial charge is 0.264 e. The van der Waals surface area contributed by atoms with Crippen LogP contribution in [0.2, 0.25) is 0 Å². The van der Waals surface area contributed by atoms with Gasteiger partial charge in [0, 0.05) is 30.3 Å². The normalized spacial score (nSPS) is 28.0. The predicted octanol–water partition coefficient (Wildman–Crippen LogP) is 1.50. The Hall–Kier alpha value is -1.44. The predicted molar refractivity (Wildman–Crippen MR) is 87.9 cm³/mol. The molecule has 2 heterocycles. The molecule has 0 spiro atoms. The third-order valence-corrected chi connectivity index (χ3v) is 5.74. The van der Waals surface area contributed by atoms with Crippen LogP contribution in [-0.2, 0) is 20.7 Å². The Morgan fingerprint density at radius 1 is 1.43 bits per heavy atom. The molecule has 23 heavy (non-hydrogen) atoms. The number of aromatic amines is 1. The first-order chi connectivity index (χ1) is 10.9. The van der Waals surface area contributed by atoms with Gasteiger partial charge in [-0.05, 0) is 31.0 Å².